The second-order valence-corrected chi connectivity index (χ2v) is 3.82. The molecule has 1 N–H and O–H groups in total. The fourth-order valence-corrected chi connectivity index (χ4v) is 1.52. The van der Waals surface area contributed by atoms with E-state index in [1.807, 2.05) is 6.07 Å². The summed E-state index contributed by atoms with van der Waals surface area (Å²) >= 11 is 5.74. The molecule has 0 radical (unpaired) electrons. The van der Waals surface area contributed by atoms with E-state index in [-0.39, 0.29) is 27.8 Å². The van der Waals surface area contributed by atoms with Gasteiger partial charge in [-0.2, -0.15) is 10.4 Å². The van der Waals surface area contributed by atoms with Crippen LogP contribution in [0, 0.1) is 11.3 Å². The van der Waals surface area contributed by atoms with Crippen LogP contribution in [0.5, 0.6) is 11.6 Å². The van der Waals surface area contributed by atoms with E-state index < -0.39 is 5.97 Å². The zero-order valence-electron chi connectivity index (χ0n) is 9.37. The number of benzene rings is 1. The number of nitriles is 1. The van der Waals surface area contributed by atoms with Gasteiger partial charge in [0.05, 0.1) is 16.8 Å². The van der Waals surface area contributed by atoms with Gasteiger partial charge in [-0.15, -0.1) is 5.10 Å². The first-order chi connectivity index (χ1) is 9.11. The maximum atomic E-state index is 10.9. The Kier molecular flexibility index (Phi) is 3.59. The van der Waals surface area contributed by atoms with E-state index in [2.05, 4.69) is 10.2 Å². The number of aromatic nitrogens is 2. The van der Waals surface area contributed by atoms with Crippen molar-refractivity contribution in [3.8, 4) is 17.7 Å². The van der Waals surface area contributed by atoms with Crippen molar-refractivity contribution >= 4 is 17.6 Å². The Balaban J connectivity index is 2.37. The Morgan fingerprint density at radius 3 is 2.89 bits per heavy atom. The number of carboxylic acid groups (broad SMARTS) is 1. The average molecular weight is 276 g/mol. The second kappa shape index (κ2) is 5.33. The van der Waals surface area contributed by atoms with E-state index in [9.17, 15) is 4.79 Å². The fraction of sp³-hybridized carbons (Fsp3) is 0. The van der Waals surface area contributed by atoms with Crippen LogP contribution in [-0.2, 0) is 0 Å². The minimum atomic E-state index is -1.17. The number of carboxylic acids is 1. The molecule has 0 fully saturated rings. The smallest absolute Gasteiger partial charge is 0.337 e. The molecule has 19 heavy (non-hydrogen) atoms. The van der Waals surface area contributed by atoms with Crippen LogP contribution in [0.25, 0.3) is 0 Å². The van der Waals surface area contributed by atoms with Gasteiger partial charge in [0.25, 0.3) is 5.88 Å². The van der Waals surface area contributed by atoms with Crippen molar-refractivity contribution in [2.24, 2.45) is 0 Å². The van der Waals surface area contributed by atoms with Crippen molar-refractivity contribution in [2.75, 3.05) is 0 Å². The first kappa shape index (κ1) is 12.8. The number of hydrogen-bond donors (Lipinski definition) is 1. The summed E-state index contributed by atoms with van der Waals surface area (Å²) in [5.41, 5.74) is 0.100. The van der Waals surface area contributed by atoms with Crippen LogP contribution in [0.2, 0.25) is 5.02 Å². The van der Waals surface area contributed by atoms with Gasteiger partial charge in [0.2, 0.25) is 0 Å². The molecule has 2 rings (SSSR count). The van der Waals surface area contributed by atoms with E-state index in [0.29, 0.717) is 0 Å². The number of aromatic carboxylic acids is 1. The summed E-state index contributed by atoms with van der Waals surface area (Å²) in [6.45, 7) is 0. The normalized spacial score (nSPS) is 9.68. The monoisotopic (exact) mass is 275 g/mol. The third-order valence-corrected chi connectivity index (χ3v) is 2.52. The molecule has 0 aliphatic rings. The lowest BCUT2D eigenvalue weighted by Gasteiger charge is -2.06. The molecule has 1 heterocycles. The van der Waals surface area contributed by atoms with E-state index in [1.165, 1.54) is 30.5 Å². The van der Waals surface area contributed by atoms with E-state index >= 15 is 0 Å². The lowest BCUT2D eigenvalue weighted by Crippen LogP contribution is -1.99. The highest BCUT2D eigenvalue weighted by Gasteiger charge is 2.12. The van der Waals surface area contributed by atoms with Crippen molar-refractivity contribution in [3.05, 3.63) is 46.6 Å². The summed E-state index contributed by atoms with van der Waals surface area (Å²) in [5.74, 6) is -0.961. The Labute approximate surface area is 112 Å². The third kappa shape index (κ3) is 2.78. The first-order valence-corrected chi connectivity index (χ1v) is 5.42. The van der Waals surface area contributed by atoms with Crippen molar-refractivity contribution < 1.29 is 14.6 Å². The van der Waals surface area contributed by atoms with Crippen LogP contribution >= 0.6 is 11.6 Å². The molecule has 0 saturated heterocycles. The standard InChI is InChI=1S/C12H6ClN3O3/c13-10-2-1-8(5-9(10)12(17)18)19-11-7(6-14)3-4-15-16-11/h1-5H,(H,17,18). The van der Waals surface area contributed by atoms with Crippen LogP contribution in [-0.4, -0.2) is 21.3 Å². The Morgan fingerprint density at radius 2 is 2.21 bits per heavy atom. The number of hydrogen-bond acceptors (Lipinski definition) is 5. The van der Waals surface area contributed by atoms with Gasteiger partial charge in [-0.25, -0.2) is 4.79 Å². The van der Waals surface area contributed by atoms with E-state index in [4.69, 9.17) is 26.7 Å². The van der Waals surface area contributed by atoms with Gasteiger partial charge in [-0.05, 0) is 24.3 Å². The zero-order chi connectivity index (χ0) is 13.8. The van der Waals surface area contributed by atoms with E-state index in [1.54, 1.807) is 0 Å². The van der Waals surface area contributed by atoms with Gasteiger partial charge in [-0.3, -0.25) is 0 Å². The Bertz CT molecular complexity index is 682. The van der Waals surface area contributed by atoms with Crippen LogP contribution in [0.4, 0.5) is 0 Å². The summed E-state index contributed by atoms with van der Waals surface area (Å²) in [7, 11) is 0. The Hall–Kier alpha value is -2.65. The van der Waals surface area contributed by atoms with Crippen LogP contribution in [0.15, 0.2) is 30.5 Å². The van der Waals surface area contributed by atoms with Crippen molar-refractivity contribution in [2.45, 2.75) is 0 Å². The van der Waals surface area contributed by atoms with E-state index in [0.717, 1.165) is 0 Å². The molecular formula is C12H6ClN3O3. The molecule has 94 valence electrons. The maximum absolute atomic E-state index is 10.9. The molecule has 7 heteroatoms. The van der Waals surface area contributed by atoms with Gasteiger partial charge in [-0.1, -0.05) is 11.6 Å². The summed E-state index contributed by atoms with van der Waals surface area (Å²) < 4.78 is 5.33. The van der Waals surface area contributed by atoms with Crippen molar-refractivity contribution in [1.29, 1.82) is 5.26 Å². The largest absolute Gasteiger partial charge is 0.478 e. The number of halogens is 1. The summed E-state index contributed by atoms with van der Waals surface area (Å²) in [5, 5.41) is 25.2. The SMILES string of the molecule is N#Cc1ccnnc1Oc1ccc(Cl)c(C(=O)O)c1. The number of carbonyl (C=O) groups is 1. The van der Waals surface area contributed by atoms with Crippen LogP contribution in [0.3, 0.4) is 0 Å². The molecule has 0 saturated carbocycles. The molecule has 0 bridgehead atoms. The first-order valence-electron chi connectivity index (χ1n) is 5.04. The molecule has 2 aromatic rings. The Morgan fingerprint density at radius 1 is 1.42 bits per heavy atom. The predicted molar refractivity (Wildman–Crippen MR) is 65.2 cm³/mol. The van der Waals surface area contributed by atoms with Gasteiger partial charge in [0.15, 0.2) is 0 Å². The predicted octanol–water partition coefficient (Wildman–Crippen LogP) is 2.49. The molecule has 0 aliphatic carbocycles. The maximum Gasteiger partial charge on any atom is 0.337 e. The fourth-order valence-electron chi connectivity index (χ4n) is 1.32. The third-order valence-electron chi connectivity index (χ3n) is 2.19. The minimum absolute atomic E-state index is 0.00339. The van der Waals surface area contributed by atoms with Gasteiger partial charge in [0, 0.05) is 0 Å². The van der Waals surface area contributed by atoms with Crippen molar-refractivity contribution in [1.82, 2.24) is 10.2 Å². The number of nitrogens with zero attached hydrogens (tertiary/aromatic N) is 3. The quantitative estimate of drug-likeness (QED) is 0.924. The zero-order valence-corrected chi connectivity index (χ0v) is 10.1. The molecule has 0 unspecified atom stereocenters. The van der Waals surface area contributed by atoms with Gasteiger partial charge in [0.1, 0.15) is 17.4 Å². The molecule has 0 aliphatic heterocycles. The molecule has 0 spiro atoms. The lowest BCUT2D eigenvalue weighted by atomic mass is 10.2. The molecule has 0 amide bonds. The van der Waals surface area contributed by atoms with Crippen LogP contribution < -0.4 is 4.74 Å². The average Bonchev–Trinajstić information content (AvgIpc) is 2.41. The number of rotatable bonds is 3. The minimum Gasteiger partial charge on any atom is -0.478 e. The lowest BCUT2D eigenvalue weighted by molar-refractivity contribution is 0.0696. The molecular weight excluding hydrogens is 270 g/mol. The molecule has 1 aromatic heterocycles. The summed E-state index contributed by atoms with van der Waals surface area (Å²) in [6.07, 6.45) is 1.36. The summed E-state index contributed by atoms with van der Waals surface area (Å²) in [6, 6.07) is 7.45. The molecule has 0 atom stereocenters. The van der Waals surface area contributed by atoms with Gasteiger partial charge >= 0.3 is 5.97 Å². The van der Waals surface area contributed by atoms with Crippen molar-refractivity contribution in [3.63, 3.8) is 0 Å². The highest BCUT2D eigenvalue weighted by molar-refractivity contribution is 6.33. The highest BCUT2D eigenvalue weighted by Crippen LogP contribution is 2.26. The topological polar surface area (TPSA) is 96.1 Å². The molecule has 1 aromatic carbocycles. The van der Waals surface area contributed by atoms with Gasteiger partial charge < -0.3 is 9.84 Å². The second-order valence-electron chi connectivity index (χ2n) is 3.41. The highest BCUT2D eigenvalue weighted by atomic mass is 35.5. The molecule has 6 nitrogen and oxygen atoms in total. The van der Waals surface area contributed by atoms with Crippen LogP contribution in [0.1, 0.15) is 15.9 Å². The number of ether oxygens (including phenoxy) is 1. The summed E-state index contributed by atoms with van der Waals surface area (Å²) in [4.78, 5) is 10.9.